The fraction of sp³-hybridized carbons (Fsp3) is 0.528. The number of rotatable bonds is 21. The third-order valence-electron chi connectivity index (χ3n) is 12.8. The monoisotopic (exact) mass is 1140 g/mol. The summed E-state index contributed by atoms with van der Waals surface area (Å²) in [6.07, 6.45) is -15.9. The van der Waals surface area contributed by atoms with Gasteiger partial charge in [0, 0.05) is 17.2 Å². The number of carbonyl (C=O) groups is 3. The van der Waals surface area contributed by atoms with Gasteiger partial charge in [0.1, 0.15) is 104 Å². The molecule has 1 aromatic rings. The lowest BCUT2D eigenvalue weighted by Gasteiger charge is -2.42. The summed E-state index contributed by atoms with van der Waals surface area (Å²) in [6, 6.07) is 3.79. The predicted octanol–water partition coefficient (Wildman–Crippen LogP) is -3.55. The van der Waals surface area contributed by atoms with E-state index in [0.29, 0.717) is 5.56 Å². The van der Waals surface area contributed by atoms with Crippen molar-refractivity contribution in [2.24, 2.45) is 0 Å². The van der Waals surface area contributed by atoms with E-state index in [-0.39, 0.29) is 16.9 Å². The van der Waals surface area contributed by atoms with E-state index in [1.807, 2.05) is 0 Å². The molecule has 27 nitrogen and oxygen atoms in total. The molecule has 4 aliphatic rings. The van der Waals surface area contributed by atoms with Crippen LogP contribution in [-0.4, -0.2) is 244 Å². The first kappa shape index (κ1) is 65.2. The van der Waals surface area contributed by atoms with Gasteiger partial charge in [0.2, 0.25) is 12.6 Å². The molecule has 0 aliphatic carbocycles. The number of hydrogen-bond acceptors (Lipinski definition) is 27. The summed E-state index contributed by atoms with van der Waals surface area (Å²) in [5.41, 5.74) is 1.93. The number of benzene rings is 1. The van der Waals surface area contributed by atoms with Crippen LogP contribution in [0.4, 0.5) is 0 Å². The quantitative estimate of drug-likeness (QED) is 0.0186. The first-order valence-corrected chi connectivity index (χ1v) is 25.0. The van der Waals surface area contributed by atoms with Crippen LogP contribution >= 0.6 is 0 Å². The van der Waals surface area contributed by atoms with Gasteiger partial charge in [-0.2, -0.15) is 0 Å². The molecule has 15 N–H and O–H groups in total. The minimum absolute atomic E-state index is 0.0372. The van der Waals surface area contributed by atoms with Gasteiger partial charge in [-0.15, -0.1) is 0 Å². The summed E-state index contributed by atoms with van der Waals surface area (Å²) in [7, 11) is 0. The second kappa shape index (κ2) is 30.4. The molecule has 27 heteroatoms. The Balaban J connectivity index is 1.06. The van der Waals surface area contributed by atoms with Crippen molar-refractivity contribution in [3.8, 4) is 11.5 Å². The van der Waals surface area contributed by atoms with Crippen molar-refractivity contribution in [3.63, 3.8) is 0 Å². The molecule has 4 fully saturated rings. The van der Waals surface area contributed by atoms with E-state index in [1.54, 1.807) is 56.4 Å². The standard InChI is InChI=1S/C53H70O27/c1-24(11-7-13-26(3)48(70)79-52-46(68)42(64)38(60)33(77-52)22-73-50-44(66)40(62)36(58)31(20-54)75-50)9-5-6-10-25(2)12-8-14-27(4)49(71)80-53-47(69)43(65)39(61)34(78-53)23-74-51-45(67)41(63)37(59)32(76-51)21-72-35(57)18-16-28-15-17-29(55)30(56)19-28/h5-19,31-34,36-47,50-56,58-69H,20-23H2,1-4H3/b6-5+,11-7+,12-8+,18-16+,24-9+,25-10+,26-13+,27-14+/t31-,32-,33-,34-,36-,37-,38-,39-,40+,41+,42+,43+,44-,45-,46-,47-,50-,51-,52+,53+/m1/s1. The van der Waals surface area contributed by atoms with E-state index < -0.39 is 173 Å². The zero-order valence-corrected chi connectivity index (χ0v) is 43.6. The van der Waals surface area contributed by atoms with E-state index >= 15 is 0 Å². The minimum Gasteiger partial charge on any atom is -0.504 e. The molecule has 4 saturated heterocycles. The number of hydrogen-bond donors (Lipinski definition) is 15. The van der Waals surface area contributed by atoms with Gasteiger partial charge >= 0.3 is 17.9 Å². The summed E-state index contributed by atoms with van der Waals surface area (Å²) in [5, 5.41) is 153. The summed E-state index contributed by atoms with van der Waals surface area (Å²) in [6.45, 7) is 3.71. The van der Waals surface area contributed by atoms with Crippen LogP contribution in [0.15, 0.2) is 107 Å². The molecular weight excluding hydrogens is 1070 g/mol. The Morgan fingerprint density at radius 3 is 1.27 bits per heavy atom. The Bertz CT molecular complexity index is 2480. The van der Waals surface area contributed by atoms with Crippen molar-refractivity contribution in [2.45, 2.75) is 151 Å². The topological polar surface area (TPSA) is 438 Å². The molecule has 5 rings (SSSR count). The van der Waals surface area contributed by atoms with Gasteiger partial charge in [-0.1, -0.05) is 78.0 Å². The van der Waals surface area contributed by atoms with E-state index in [1.165, 1.54) is 56.4 Å². The van der Waals surface area contributed by atoms with E-state index in [0.717, 1.165) is 17.2 Å². The maximum Gasteiger partial charge on any atom is 0.336 e. The number of ether oxygens (including phenoxy) is 9. The number of aliphatic hydroxyl groups is 13. The van der Waals surface area contributed by atoms with Crippen LogP contribution in [0.3, 0.4) is 0 Å². The van der Waals surface area contributed by atoms with Crippen molar-refractivity contribution < 1.29 is 134 Å². The molecule has 1 aromatic carbocycles. The largest absolute Gasteiger partial charge is 0.504 e. The number of aliphatic hydroxyl groups excluding tert-OH is 13. The Hall–Kier alpha value is -5.61. The predicted molar refractivity (Wildman–Crippen MR) is 270 cm³/mol. The molecule has 0 aromatic heterocycles. The first-order chi connectivity index (χ1) is 37.8. The van der Waals surface area contributed by atoms with Gasteiger partial charge in [-0.25, -0.2) is 14.4 Å². The normalized spacial score (nSPS) is 36.0. The third-order valence-corrected chi connectivity index (χ3v) is 12.8. The van der Waals surface area contributed by atoms with Gasteiger partial charge in [0.15, 0.2) is 24.1 Å². The van der Waals surface area contributed by atoms with E-state index in [4.69, 9.17) is 42.6 Å². The second-order valence-electron chi connectivity index (χ2n) is 19.1. The molecule has 4 heterocycles. The first-order valence-electron chi connectivity index (χ1n) is 25.0. The lowest BCUT2D eigenvalue weighted by molar-refractivity contribution is -0.326. The van der Waals surface area contributed by atoms with E-state index in [2.05, 4.69) is 0 Å². The second-order valence-corrected chi connectivity index (χ2v) is 19.1. The summed E-state index contributed by atoms with van der Waals surface area (Å²) < 4.78 is 48.4. The Morgan fingerprint density at radius 1 is 0.463 bits per heavy atom. The summed E-state index contributed by atoms with van der Waals surface area (Å²) >= 11 is 0. The SMILES string of the molecule is CC(/C=C/C=C(\C)C(=O)O[C@@H]1O[C@H](CO[C@@H]2O[C@H](CO)[C@@H](O)[C@H](O)[C@H]2O)[C@@H](O)[C@H](O)[C@H]1O)=C\C=C\C=C(C)\C=C\C=C(/C)C(=O)O[C@@H]1O[C@H](CO[C@@H]2O[C@H](COC(=O)/C=C/c3ccc(O)c(O)c3)[C@@H](O)[C@H](O)[C@H]2O)[C@@H](O)[C@H](O)[C@H]1O. The van der Waals surface area contributed by atoms with Crippen LogP contribution in [0, 0.1) is 0 Å². The zero-order valence-electron chi connectivity index (χ0n) is 43.6. The molecule has 0 unspecified atom stereocenters. The Kier molecular flexibility index (Phi) is 24.8. The highest BCUT2D eigenvalue weighted by Crippen LogP contribution is 2.30. The highest BCUT2D eigenvalue weighted by Gasteiger charge is 2.50. The number of esters is 3. The molecule has 80 heavy (non-hydrogen) atoms. The number of phenolic OH excluding ortho intramolecular Hbond substituents is 2. The molecule has 444 valence electrons. The van der Waals surface area contributed by atoms with Crippen molar-refractivity contribution in [1.82, 2.24) is 0 Å². The maximum atomic E-state index is 13.0. The minimum atomic E-state index is -1.92. The molecule has 0 spiro atoms. The van der Waals surface area contributed by atoms with Gasteiger partial charge in [0.05, 0.1) is 19.8 Å². The van der Waals surface area contributed by atoms with Crippen LogP contribution < -0.4 is 0 Å². The molecular formula is C53H70O27. The molecule has 20 atom stereocenters. The summed E-state index contributed by atoms with van der Waals surface area (Å²) in [5.74, 6) is -3.63. The van der Waals surface area contributed by atoms with Crippen molar-refractivity contribution in [1.29, 1.82) is 0 Å². The average molecular weight is 1140 g/mol. The third kappa shape index (κ3) is 17.7. The number of carbonyl (C=O) groups excluding carboxylic acids is 3. The molecule has 0 bridgehead atoms. The molecule has 4 aliphatic heterocycles. The zero-order chi connectivity index (χ0) is 59.1. The summed E-state index contributed by atoms with van der Waals surface area (Å²) in [4.78, 5) is 38.2. The highest BCUT2D eigenvalue weighted by molar-refractivity contribution is 5.89. The number of allylic oxidation sites excluding steroid dienone is 12. The van der Waals surface area contributed by atoms with Crippen LogP contribution in [-0.2, 0) is 57.0 Å². The lowest BCUT2D eigenvalue weighted by atomic mass is 9.98. The average Bonchev–Trinajstić information content (AvgIpc) is 3.43. The lowest BCUT2D eigenvalue weighted by Crippen LogP contribution is -2.62. The van der Waals surface area contributed by atoms with Crippen molar-refractivity contribution in [2.75, 3.05) is 26.4 Å². The molecule has 0 amide bonds. The van der Waals surface area contributed by atoms with Crippen molar-refractivity contribution >= 4 is 24.0 Å². The van der Waals surface area contributed by atoms with Gasteiger partial charge < -0.3 is 119 Å². The highest BCUT2D eigenvalue weighted by atomic mass is 16.8. The fourth-order valence-corrected chi connectivity index (χ4v) is 7.85. The molecule has 0 radical (unpaired) electrons. The Morgan fingerprint density at radius 2 is 0.850 bits per heavy atom. The van der Waals surface area contributed by atoms with Crippen LogP contribution in [0.5, 0.6) is 11.5 Å². The van der Waals surface area contributed by atoms with Gasteiger partial charge in [-0.3, -0.25) is 0 Å². The fourth-order valence-electron chi connectivity index (χ4n) is 7.85. The maximum absolute atomic E-state index is 13.0. The smallest absolute Gasteiger partial charge is 0.336 e. The Labute approximate surface area is 457 Å². The molecule has 0 saturated carbocycles. The number of aromatic hydroxyl groups is 2. The van der Waals surface area contributed by atoms with Gasteiger partial charge in [-0.05, 0) is 51.5 Å². The van der Waals surface area contributed by atoms with E-state index in [9.17, 15) is 91.0 Å². The van der Waals surface area contributed by atoms with Gasteiger partial charge in [0.25, 0.3) is 0 Å². The van der Waals surface area contributed by atoms with Crippen LogP contribution in [0.2, 0.25) is 0 Å². The van der Waals surface area contributed by atoms with Crippen molar-refractivity contribution in [3.05, 3.63) is 113 Å². The number of phenols is 2. The van der Waals surface area contributed by atoms with Crippen LogP contribution in [0.1, 0.15) is 33.3 Å². The van der Waals surface area contributed by atoms with Crippen LogP contribution in [0.25, 0.3) is 6.08 Å².